The molecule has 51 heavy (non-hydrogen) atoms. The van der Waals surface area contributed by atoms with Crippen LogP contribution in [0.5, 0.6) is 0 Å². The molecule has 3 saturated heterocycles. The number of hydrogen-bond acceptors (Lipinski definition) is 13. The van der Waals surface area contributed by atoms with Gasteiger partial charge in [0.15, 0.2) is 12.6 Å². The van der Waals surface area contributed by atoms with Gasteiger partial charge < -0.3 is 59.1 Å². The average Bonchev–Trinajstić information content (AvgIpc) is 3.06. The molecular formula is C37H68N2O12. The number of nitrogens with one attached hydrogen (secondary N) is 1. The van der Waals surface area contributed by atoms with Gasteiger partial charge in [0.1, 0.15) is 23.9 Å². The molecule has 0 bridgehead atoms. The molecule has 0 spiro atoms. The highest BCUT2D eigenvalue weighted by molar-refractivity contribution is 5.78. The molecule has 14 heteroatoms. The van der Waals surface area contributed by atoms with Crippen molar-refractivity contribution in [3.63, 3.8) is 0 Å². The second kappa shape index (κ2) is 17.8. The van der Waals surface area contributed by atoms with Crippen molar-refractivity contribution in [3.05, 3.63) is 0 Å². The van der Waals surface area contributed by atoms with Crippen LogP contribution in [0.2, 0.25) is 0 Å². The van der Waals surface area contributed by atoms with E-state index in [4.69, 9.17) is 28.4 Å². The van der Waals surface area contributed by atoms with Crippen LogP contribution < -0.4 is 5.32 Å². The van der Waals surface area contributed by atoms with Crippen LogP contribution in [-0.4, -0.2) is 143 Å². The number of aliphatic hydroxyl groups excluding tert-OH is 3. The summed E-state index contributed by atoms with van der Waals surface area (Å²) in [5.41, 5.74) is -3.14. The van der Waals surface area contributed by atoms with E-state index in [2.05, 4.69) is 5.32 Å². The number of amides is 1. The van der Waals surface area contributed by atoms with Gasteiger partial charge in [0.05, 0.1) is 48.1 Å². The van der Waals surface area contributed by atoms with Crippen LogP contribution in [0.1, 0.15) is 94.9 Å². The van der Waals surface area contributed by atoms with E-state index in [1.54, 1.807) is 34.6 Å². The summed E-state index contributed by atoms with van der Waals surface area (Å²) in [6, 6.07) is -1.17. The number of ether oxygens (including phenoxy) is 6. The highest BCUT2D eigenvalue weighted by atomic mass is 16.7. The predicted molar refractivity (Wildman–Crippen MR) is 188 cm³/mol. The lowest BCUT2D eigenvalue weighted by Crippen LogP contribution is -2.60. The topological polar surface area (TPSA) is 186 Å². The van der Waals surface area contributed by atoms with Crippen molar-refractivity contribution in [2.75, 3.05) is 21.2 Å². The van der Waals surface area contributed by atoms with Crippen LogP contribution in [0.4, 0.5) is 0 Å². The fourth-order valence-electron chi connectivity index (χ4n) is 8.19. The first kappa shape index (κ1) is 43.9. The van der Waals surface area contributed by atoms with E-state index in [1.807, 2.05) is 46.7 Å². The molecule has 3 aliphatic rings. The molecular weight excluding hydrogens is 664 g/mol. The molecule has 1 amide bonds. The van der Waals surface area contributed by atoms with Crippen LogP contribution in [0.3, 0.4) is 0 Å². The lowest BCUT2D eigenvalue weighted by Gasteiger charge is -2.48. The molecule has 5 N–H and O–H groups in total. The van der Waals surface area contributed by atoms with E-state index < -0.39 is 96.3 Å². The number of hydrogen-bond donors (Lipinski definition) is 5. The van der Waals surface area contributed by atoms with Gasteiger partial charge >= 0.3 is 5.97 Å². The first-order valence-corrected chi connectivity index (χ1v) is 18.7. The molecule has 0 unspecified atom stereocenters. The standard InChI is InChI=1S/C37H68N2O12/c1-14-26-37(10,45)31(42)23(7)38-33(43)19(3)17-36(9,46-13)32(51-35-29(41)25(39(11)12)16-20(4)47-35)21(5)30(22(6)34(44)49-26)50-27-15-18(2)28(40)24(8)48-27/h18-32,35,40-42,45H,14-17H2,1-13H3,(H,38,43)/t18-,19+,20+,21-,22+,23+,24-,25-,26+,27-,28+,29+,30-,31+,32+,35-,36+,37+/m0/s1. The van der Waals surface area contributed by atoms with Crippen molar-refractivity contribution in [3.8, 4) is 0 Å². The van der Waals surface area contributed by atoms with Crippen LogP contribution in [0.25, 0.3) is 0 Å². The monoisotopic (exact) mass is 732 g/mol. The highest BCUT2D eigenvalue weighted by Crippen LogP contribution is 2.40. The van der Waals surface area contributed by atoms with Gasteiger partial charge in [-0.25, -0.2) is 0 Å². The SMILES string of the molecule is CC[C@H]1OC(=O)[C@H](C)[C@@H](O[C@H]2C[C@H](C)[C@@H](O)[C@H](C)O2)[C@H](C)[C@@H](O[C@@H]2O[C@H](C)C[C@H](N(C)C)[C@H]2O)[C@](C)(OC)C[C@@H](C)C(=O)N[C@H](C)[C@@H](O)[C@]1(C)O. The third kappa shape index (κ3) is 10.00. The summed E-state index contributed by atoms with van der Waals surface area (Å²) in [5, 5.41) is 47.8. The molecule has 3 heterocycles. The Hall–Kier alpha value is -1.46. The number of cyclic esters (lactones) is 1. The van der Waals surface area contributed by atoms with Crippen LogP contribution >= 0.6 is 0 Å². The quantitative estimate of drug-likeness (QED) is 0.240. The minimum absolute atomic E-state index is 0.127. The van der Waals surface area contributed by atoms with Gasteiger partial charge in [-0.3, -0.25) is 9.59 Å². The van der Waals surface area contributed by atoms with E-state index in [0.717, 1.165) is 0 Å². The van der Waals surface area contributed by atoms with E-state index in [9.17, 15) is 30.0 Å². The van der Waals surface area contributed by atoms with Crippen LogP contribution in [-0.2, 0) is 38.0 Å². The average molecular weight is 733 g/mol. The number of aliphatic hydroxyl groups is 4. The fraction of sp³-hybridized carbons (Fsp3) is 0.946. The highest BCUT2D eigenvalue weighted by Gasteiger charge is 2.52. The van der Waals surface area contributed by atoms with E-state index in [-0.39, 0.29) is 36.8 Å². The number of methoxy groups -OCH3 is 1. The maximum Gasteiger partial charge on any atom is 0.311 e. The van der Waals surface area contributed by atoms with E-state index in [0.29, 0.717) is 12.8 Å². The third-order valence-electron chi connectivity index (χ3n) is 11.7. The molecule has 0 radical (unpaired) electrons. The molecule has 0 saturated carbocycles. The Morgan fingerprint density at radius 3 is 2.12 bits per heavy atom. The molecule has 0 aromatic heterocycles. The molecule has 18 atom stereocenters. The summed E-state index contributed by atoms with van der Waals surface area (Å²) in [7, 11) is 5.28. The first-order chi connectivity index (χ1) is 23.6. The summed E-state index contributed by atoms with van der Waals surface area (Å²) in [6.45, 7) is 17.3. The first-order valence-electron chi connectivity index (χ1n) is 18.7. The Balaban J connectivity index is 2.19. The maximum absolute atomic E-state index is 14.1. The second-order valence-corrected chi connectivity index (χ2v) is 16.3. The number of likely N-dealkylation sites (N-methyl/N-ethyl adjacent to an activating group) is 1. The van der Waals surface area contributed by atoms with Gasteiger partial charge in [0.2, 0.25) is 5.91 Å². The van der Waals surface area contributed by atoms with Crippen LogP contribution in [0.15, 0.2) is 0 Å². The van der Waals surface area contributed by atoms with Crippen molar-refractivity contribution < 1.29 is 58.4 Å². The Labute approximate surface area is 304 Å². The lowest BCUT2D eigenvalue weighted by molar-refractivity contribution is -0.311. The number of rotatable bonds is 7. The normalized spacial score (nSPS) is 48.4. The second-order valence-electron chi connectivity index (χ2n) is 16.3. The zero-order valence-corrected chi connectivity index (χ0v) is 33.1. The van der Waals surface area contributed by atoms with Crippen molar-refractivity contribution >= 4 is 11.9 Å². The molecule has 0 aliphatic carbocycles. The Kier molecular flexibility index (Phi) is 15.3. The summed E-state index contributed by atoms with van der Waals surface area (Å²) in [5.74, 6) is -3.56. The van der Waals surface area contributed by atoms with Crippen LogP contribution in [0, 0.1) is 23.7 Å². The molecule has 0 aromatic rings. The Morgan fingerprint density at radius 1 is 0.941 bits per heavy atom. The van der Waals surface area contributed by atoms with Gasteiger partial charge in [-0.1, -0.05) is 27.7 Å². The minimum atomic E-state index is -1.92. The van der Waals surface area contributed by atoms with E-state index in [1.165, 1.54) is 14.0 Å². The van der Waals surface area contributed by atoms with Crippen molar-refractivity contribution in [2.45, 2.75) is 180 Å². The smallest absolute Gasteiger partial charge is 0.311 e. The van der Waals surface area contributed by atoms with Gasteiger partial charge in [-0.15, -0.1) is 0 Å². The number of nitrogens with zero attached hydrogens (tertiary/aromatic N) is 1. The van der Waals surface area contributed by atoms with Crippen molar-refractivity contribution in [1.82, 2.24) is 10.2 Å². The van der Waals surface area contributed by atoms with Gasteiger partial charge in [0, 0.05) is 31.4 Å². The molecule has 3 fully saturated rings. The summed E-state index contributed by atoms with van der Waals surface area (Å²) >= 11 is 0. The molecule has 3 aliphatic heterocycles. The maximum atomic E-state index is 14.1. The Bertz CT molecular complexity index is 1130. The summed E-state index contributed by atoms with van der Waals surface area (Å²) < 4.78 is 38.0. The van der Waals surface area contributed by atoms with Crippen molar-refractivity contribution in [2.24, 2.45) is 23.7 Å². The zero-order chi connectivity index (χ0) is 38.7. The Morgan fingerprint density at radius 2 is 1.57 bits per heavy atom. The number of carbonyl (C=O) groups excluding carboxylic acids is 2. The van der Waals surface area contributed by atoms with Gasteiger partial charge in [-0.05, 0) is 80.8 Å². The zero-order valence-electron chi connectivity index (χ0n) is 33.1. The van der Waals surface area contributed by atoms with Gasteiger partial charge in [0.25, 0.3) is 0 Å². The molecule has 3 rings (SSSR count). The molecule has 0 aromatic carbocycles. The van der Waals surface area contributed by atoms with Gasteiger partial charge in [-0.2, -0.15) is 0 Å². The minimum Gasteiger partial charge on any atom is -0.459 e. The molecule has 298 valence electrons. The predicted octanol–water partition coefficient (Wildman–Crippen LogP) is 1.97. The summed E-state index contributed by atoms with van der Waals surface area (Å²) in [4.78, 5) is 29.7. The number of esters is 1. The third-order valence-corrected chi connectivity index (χ3v) is 11.7. The summed E-state index contributed by atoms with van der Waals surface area (Å²) in [6.07, 6.45) is -7.69. The fourth-order valence-corrected chi connectivity index (χ4v) is 8.19. The number of carbonyl (C=O) groups is 2. The van der Waals surface area contributed by atoms with E-state index >= 15 is 0 Å². The molecule has 14 nitrogen and oxygen atoms in total. The largest absolute Gasteiger partial charge is 0.459 e. The lowest BCUT2D eigenvalue weighted by atomic mass is 9.77. The van der Waals surface area contributed by atoms with Crippen molar-refractivity contribution in [1.29, 1.82) is 0 Å².